The van der Waals surface area contributed by atoms with E-state index in [1.54, 1.807) is 6.07 Å². The van der Waals surface area contributed by atoms with Gasteiger partial charge in [-0.05, 0) is 35.6 Å². The third kappa shape index (κ3) is 1.60. The molecule has 0 bridgehead atoms. The summed E-state index contributed by atoms with van der Waals surface area (Å²) in [5.74, 6) is 0. The molecule has 0 amide bonds. The minimum Gasteiger partial charge on any atom is -0.398 e. The Bertz CT molecular complexity index is 304. The van der Waals surface area contributed by atoms with E-state index >= 15 is 0 Å². The summed E-state index contributed by atoms with van der Waals surface area (Å²) in [7, 11) is 0. The first-order chi connectivity index (χ1) is 5.15. The van der Waals surface area contributed by atoms with Gasteiger partial charge >= 0.3 is 0 Å². The molecule has 2 N–H and O–H groups in total. The molecule has 0 saturated carbocycles. The zero-order chi connectivity index (χ0) is 8.43. The van der Waals surface area contributed by atoms with Gasteiger partial charge in [-0.15, -0.1) is 0 Å². The maximum absolute atomic E-state index is 8.51. The standard InChI is InChI=1S/C7H6IN3/c1-4-7(8)6(10)2-5(3-9)11-4/h2H,1H3,(H2,10,11). The summed E-state index contributed by atoms with van der Waals surface area (Å²) in [5, 5.41) is 8.51. The molecule has 0 fully saturated rings. The molecule has 0 aliphatic heterocycles. The van der Waals surface area contributed by atoms with Gasteiger partial charge in [0.25, 0.3) is 0 Å². The van der Waals surface area contributed by atoms with Gasteiger partial charge < -0.3 is 5.73 Å². The Hall–Kier alpha value is -0.830. The first-order valence-electron chi connectivity index (χ1n) is 2.98. The normalized spacial score (nSPS) is 9.18. The van der Waals surface area contributed by atoms with Crippen molar-refractivity contribution < 1.29 is 0 Å². The lowest BCUT2D eigenvalue weighted by Gasteiger charge is -2.00. The van der Waals surface area contributed by atoms with Crippen molar-refractivity contribution in [2.75, 3.05) is 5.73 Å². The van der Waals surface area contributed by atoms with Crippen LogP contribution in [0.25, 0.3) is 0 Å². The molecule has 0 saturated heterocycles. The van der Waals surface area contributed by atoms with Crippen molar-refractivity contribution in [2.45, 2.75) is 6.92 Å². The smallest absolute Gasteiger partial charge is 0.142 e. The molecule has 4 heteroatoms. The molecule has 0 aliphatic rings. The summed E-state index contributed by atoms with van der Waals surface area (Å²) in [6.45, 7) is 1.83. The summed E-state index contributed by atoms with van der Waals surface area (Å²) in [6, 6.07) is 3.52. The highest BCUT2D eigenvalue weighted by Gasteiger charge is 2.02. The second-order valence-corrected chi connectivity index (χ2v) is 3.19. The van der Waals surface area contributed by atoms with E-state index < -0.39 is 0 Å². The predicted molar refractivity (Wildman–Crippen MR) is 50.8 cm³/mol. The highest BCUT2D eigenvalue weighted by Crippen LogP contribution is 2.17. The third-order valence-corrected chi connectivity index (χ3v) is 2.67. The van der Waals surface area contributed by atoms with E-state index in [4.69, 9.17) is 11.0 Å². The SMILES string of the molecule is Cc1nc(C#N)cc(N)c1I. The van der Waals surface area contributed by atoms with Gasteiger partial charge in [0.05, 0.1) is 9.26 Å². The molecule has 1 aromatic rings. The Labute approximate surface area is 78.4 Å². The number of hydrogen-bond acceptors (Lipinski definition) is 3. The lowest BCUT2D eigenvalue weighted by atomic mass is 10.3. The van der Waals surface area contributed by atoms with Gasteiger partial charge in [0.2, 0.25) is 0 Å². The molecule has 0 aliphatic carbocycles. The fraction of sp³-hybridized carbons (Fsp3) is 0.143. The van der Waals surface area contributed by atoms with E-state index in [9.17, 15) is 0 Å². The number of rotatable bonds is 0. The Morgan fingerprint density at radius 3 is 2.82 bits per heavy atom. The molecule has 1 rings (SSSR count). The minimum atomic E-state index is 0.375. The number of halogens is 1. The van der Waals surface area contributed by atoms with E-state index in [1.807, 2.05) is 13.0 Å². The van der Waals surface area contributed by atoms with E-state index in [-0.39, 0.29) is 0 Å². The molecule has 0 radical (unpaired) electrons. The molecule has 0 spiro atoms. The molecule has 0 unspecified atom stereocenters. The van der Waals surface area contributed by atoms with Gasteiger partial charge in [0, 0.05) is 5.69 Å². The number of aryl methyl sites for hydroxylation is 1. The van der Waals surface area contributed by atoms with Crippen LogP contribution in [0.1, 0.15) is 11.4 Å². The molecule has 0 aromatic carbocycles. The molecule has 0 atom stereocenters. The quantitative estimate of drug-likeness (QED) is 0.717. The van der Waals surface area contributed by atoms with Crippen LogP contribution < -0.4 is 5.73 Å². The average Bonchev–Trinajstić information content (AvgIpc) is 1.99. The second kappa shape index (κ2) is 3.05. The Morgan fingerprint density at radius 1 is 1.73 bits per heavy atom. The Kier molecular flexibility index (Phi) is 2.29. The molecule has 56 valence electrons. The van der Waals surface area contributed by atoms with E-state index in [1.165, 1.54) is 0 Å². The third-order valence-electron chi connectivity index (χ3n) is 1.27. The van der Waals surface area contributed by atoms with Gasteiger partial charge in [-0.25, -0.2) is 4.98 Å². The molecular formula is C7H6IN3. The fourth-order valence-corrected chi connectivity index (χ4v) is 1.02. The van der Waals surface area contributed by atoms with E-state index in [0.29, 0.717) is 11.4 Å². The number of nitrogens with zero attached hydrogens (tertiary/aromatic N) is 2. The van der Waals surface area contributed by atoms with Crippen LogP contribution in [-0.4, -0.2) is 4.98 Å². The molecule has 1 heterocycles. The summed E-state index contributed by atoms with van der Waals surface area (Å²) in [4.78, 5) is 4.00. The van der Waals surface area contributed by atoms with Crippen LogP contribution in [0.2, 0.25) is 0 Å². The van der Waals surface area contributed by atoms with Gasteiger partial charge in [0.1, 0.15) is 11.8 Å². The van der Waals surface area contributed by atoms with Gasteiger partial charge in [0.15, 0.2) is 0 Å². The van der Waals surface area contributed by atoms with Crippen molar-refractivity contribution >= 4 is 28.3 Å². The number of hydrogen-bond donors (Lipinski definition) is 1. The number of nitrogen functional groups attached to an aromatic ring is 1. The highest BCUT2D eigenvalue weighted by molar-refractivity contribution is 14.1. The summed E-state index contributed by atoms with van der Waals surface area (Å²) >= 11 is 2.10. The molecule has 3 nitrogen and oxygen atoms in total. The zero-order valence-corrected chi connectivity index (χ0v) is 8.08. The monoisotopic (exact) mass is 259 g/mol. The maximum atomic E-state index is 8.51. The van der Waals surface area contributed by atoms with Crippen molar-refractivity contribution in [1.82, 2.24) is 4.98 Å². The average molecular weight is 259 g/mol. The van der Waals surface area contributed by atoms with E-state index in [0.717, 1.165) is 9.26 Å². The molecular weight excluding hydrogens is 253 g/mol. The lowest BCUT2D eigenvalue weighted by Crippen LogP contribution is -1.97. The second-order valence-electron chi connectivity index (χ2n) is 2.11. The number of aromatic nitrogens is 1. The number of nitriles is 1. The topological polar surface area (TPSA) is 62.7 Å². The fourth-order valence-electron chi connectivity index (χ4n) is 0.739. The number of pyridine rings is 1. The number of nitrogens with two attached hydrogens (primary N) is 1. The van der Waals surface area contributed by atoms with Crippen LogP contribution >= 0.6 is 22.6 Å². The zero-order valence-electron chi connectivity index (χ0n) is 5.93. The summed E-state index contributed by atoms with van der Waals surface area (Å²) < 4.78 is 0.918. The van der Waals surface area contributed by atoms with Gasteiger partial charge in [-0.3, -0.25) is 0 Å². The van der Waals surface area contributed by atoms with E-state index in [2.05, 4.69) is 27.6 Å². The van der Waals surface area contributed by atoms with Crippen molar-refractivity contribution in [3.05, 3.63) is 21.0 Å². The summed E-state index contributed by atoms with van der Waals surface area (Å²) in [6.07, 6.45) is 0. The van der Waals surface area contributed by atoms with Gasteiger partial charge in [-0.1, -0.05) is 0 Å². The maximum Gasteiger partial charge on any atom is 0.142 e. The van der Waals surface area contributed by atoms with Crippen LogP contribution in [0.3, 0.4) is 0 Å². The van der Waals surface area contributed by atoms with Crippen LogP contribution in [0.4, 0.5) is 5.69 Å². The van der Waals surface area contributed by atoms with Crippen LogP contribution in [0.15, 0.2) is 6.07 Å². The summed E-state index contributed by atoms with van der Waals surface area (Å²) in [5.41, 5.74) is 7.40. The van der Waals surface area contributed by atoms with Gasteiger partial charge in [-0.2, -0.15) is 5.26 Å². The highest BCUT2D eigenvalue weighted by atomic mass is 127. The Morgan fingerprint density at radius 2 is 2.36 bits per heavy atom. The number of anilines is 1. The lowest BCUT2D eigenvalue weighted by molar-refractivity contribution is 1.15. The van der Waals surface area contributed by atoms with Crippen molar-refractivity contribution in [3.8, 4) is 6.07 Å². The van der Waals surface area contributed by atoms with Crippen molar-refractivity contribution in [3.63, 3.8) is 0 Å². The molecule has 1 aromatic heterocycles. The van der Waals surface area contributed by atoms with Crippen LogP contribution in [0, 0.1) is 21.8 Å². The molecule has 11 heavy (non-hydrogen) atoms. The van der Waals surface area contributed by atoms with Crippen molar-refractivity contribution in [1.29, 1.82) is 5.26 Å². The largest absolute Gasteiger partial charge is 0.398 e. The minimum absolute atomic E-state index is 0.375. The first kappa shape index (κ1) is 8.27. The van der Waals surface area contributed by atoms with Crippen LogP contribution in [0.5, 0.6) is 0 Å². The first-order valence-corrected chi connectivity index (χ1v) is 4.05. The van der Waals surface area contributed by atoms with Crippen LogP contribution in [-0.2, 0) is 0 Å². The van der Waals surface area contributed by atoms with Crippen molar-refractivity contribution in [2.24, 2.45) is 0 Å². The Balaban J connectivity index is 3.35. The predicted octanol–water partition coefficient (Wildman–Crippen LogP) is 1.45.